The molecule has 1 aliphatic heterocycles. The van der Waals surface area contributed by atoms with Gasteiger partial charge in [-0.05, 0) is 24.8 Å². The smallest absolute Gasteiger partial charge is 0.314 e. The SMILES string of the molecule is CNC(=O)NCC1NCCCC1(C)C. The zero-order valence-corrected chi connectivity index (χ0v) is 9.31. The van der Waals surface area contributed by atoms with Gasteiger partial charge in [0.1, 0.15) is 0 Å². The average molecular weight is 199 g/mol. The molecule has 82 valence electrons. The van der Waals surface area contributed by atoms with E-state index < -0.39 is 0 Å². The first-order valence-electron chi connectivity index (χ1n) is 5.25. The monoisotopic (exact) mass is 199 g/mol. The van der Waals surface area contributed by atoms with Gasteiger partial charge < -0.3 is 16.0 Å². The van der Waals surface area contributed by atoms with E-state index >= 15 is 0 Å². The minimum absolute atomic E-state index is 0.104. The van der Waals surface area contributed by atoms with Gasteiger partial charge in [0, 0.05) is 19.6 Å². The van der Waals surface area contributed by atoms with Gasteiger partial charge >= 0.3 is 6.03 Å². The summed E-state index contributed by atoms with van der Waals surface area (Å²) in [6, 6.07) is 0.279. The molecule has 4 nitrogen and oxygen atoms in total. The highest BCUT2D eigenvalue weighted by molar-refractivity contribution is 5.73. The van der Waals surface area contributed by atoms with Gasteiger partial charge in [-0.3, -0.25) is 0 Å². The fourth-order valence-electron chi connectivity index (χ4n) is 1.90. The van der Waals surface area contributed by atoms with E-state index in [1.165, 1.54) is 12.8 Å². The van der Waals surface area contributed by atoms with E-state index in [0.717, 1.165) is 6.54 Å². The second-order valence-corrected chi connectivity index (χ2v) is 4.56. The third-order valence-corrected chi connectivity index (χ3v) is 3.03. The lowest BCUT2D eigenvalue weighted by Crippen LogP contribution is -2.53. The summed E-state index contributed by atoms with van der Waals surface area (Å²) in [6.45, 7) is 6.25. The Morgan fingerprint density at radius 3 is 2.86 bits per heavy atom. The van der Waals surface area contributed by atoms with Gasteiger partial charge in [0.2, 0.25) is 0 Å². The van der Waals surface area contributed by atoms with E-state index in [0.29, 0.717) is 12.6 Å². The van der Waals surface area contributed by atoms with Crippen molar-refractivity contribution in [3.63, 3.8) is 0 Å². The van der Waals surface area contributed by atoms with E-state index in [1.807, 2.05) is 0 Å². The summed E-state index contributed by atoms with van der Waals surface area (Å²) in [5.41, 5.74) is 0.277. The first-order valence-corrected chi connectivity index (χ1v) is 5.25. The molecule has 1 unspecified atom stereocenters. The van der Waals surface area contributed by atoms with E-state index in [1.54, 1.807) is 7.05 Å². The van der Waals surface area contributed by atoms with Crippen molar-refractivity contribution in [2.75, 3.05) is 20.1 Å². The molecule has 0 radical (unpaired) electrons. The van der Waals surface area contributed by atoms with Crippen molar-refractivity contribution in [1.29, 1.82) is 0 Å². The molecule has 3 N–H and O–H groups in total. The minimum Gasteiger partial charge on any atom is -0.341 e. The van der Waals surface area contributed by atoms with Crippen LogP contribution in [-0.4, -0.2) is 32.2 Å². The molecule has 0 aromatic carbocycles. The molecule has 1 fully saturated rings. The van der Waals surface area contributed by atoms with Gasteiger partial charge in [0.05, 0.1) is 0 Å². The van der Waals surface area contributed by atoms with Gasteiger partial charge in [0.15, 0.2) is 0 Å². The van der Waals surface area contributed by atoms with Gasteiger partial charge in [0.25, 0.3) is 0 Å². The second-order valence-electron chi connectivity index (χ2n) is 4.56. The first kappa shape index (κ1) is 11.3. The number of rotatable bonds is 2. The number of hydrogen-bond acceptors (Lipinski definition) is 2. The van der Waals surface area contributed by atoms with Crippen LogP contribution >= 0.6 is 0 Å². The lowest BCUT2D eigenvalue weighted by molar-refractivity contribution is 0.175. The molecule has 0 spiro atoms. The molecular weight excluding hydrogens is 178 g/mol. The molecule has 0 aliphatic carbocycles. The van der Waals surface area contributed by atoms with Crippen molar-refractivity contribution >= 4 is 6.03 Å². The number of carbonyl (C=O) groups is 1. The maximum Gasteiger partial charge on any atom is 0.314 e. The van der Waals surface area contributed by atoms with Gasteiger partial charge in [-0.2, -0.15) is 0 Å². The fraction of sp³-hybridized carbons (Fsp3) is 0.900. The lowest BCUT2D eigenvalue weighted by Gasteiger charge is -2.39. The molecule has 4 heteroatoms. The van der Waals surface area contributed by atoms with Crippen LogP contribution < -0.4 is 16.0 Å². The summed E-state index contributed by atoms with van der Waals surface area (Å²) >= 11 is 0. The van der Waals surface area contributed by atoms with Crippen molar-refractivity contribution in [3.05, 3.63) is 0 Å². The van der Waals surface area contributed by atoms with E-state index in [-0.39, 0.29) is 11.4 Å². The van der Waals surface area contributed by atoms with Crippen molar-refractivity contribution in [2.24, 2.45) is 5.41 Å². The first-order chi connectivity index (χ1) is 6.56. The highest BCUT2D eigenvalue weighted by Gasteiger charge is 2.31. The number of hydrogen-bond donors (Lipinski definition) is 3. The molecular formula is C10H21N3O. The Kier molecular flexibility index (Phi) is 3.75. The number of piperidine rings is 1. The van der Waals surface area contributed by atoms with E-state index in [9.17, 15) is 4.79 Å². The quantitative estimate of drug-likeness (QED) is 0.613. The van der Waals surface area contributed by atoms with Crippen LogP contribution in [-0.2, 0) is 0 Å². The van der Waals surface area contributed by atoms with Crippen LogP contribution in [0.1, 0.15) is 26.7 Å². The number of urea groups is 1. The third kappa shape index (κ3) is 2.87. The summed E-state index contributed by atoms with van der Waals surface area (Å²) in [6.07, 6.45) is 2.45. The van der Waals surface area contributed by atoms with Crippen LogP contribution in [0.25, 0.3) is 0 Å². The van der Waals surface area contributed by atoms with Crippen molar-refractivity contribution in [2.45, 2.75) is 32.7 Å². The largest absolute Gasteiger partial charge is 0.341 e. The van der Waals surface area contributed by atoms with Crippen LogP contribution in [0.15, 0.2) is 0 Å². The fourth-order valence-corrected chi connectivity index (χ4v) is 1.90. The molecule has 1 aliphatic rings. The Morgan fingerprint density at radius 1 is 1.57 bits per heavy atom. The molecule has 1 rings (SSSR count). The Morgan fingerprint density at radius 2 is 2.29 bits per heavy atom. The minimum atomic E-state index is -0.104. The maximum absolute atomic E-state index is 11.0. The van der Waals surface area contributed by atoms with Gasteiger partial charge in [-0.25, -0.2) is 4.79 Å². The summed E-state index contributed by atoms with van der Waals surface area (Å²) < 4.78 is 0. The Bertz CT molecular complexity index is 204. The summed E-state index contributed by atoms with van der Waals surface area (Å²) in [5.74, 6) is 0. The topological polar surface area (TPSA) is 53.2 Å². The maximum atomic E-state index is 11.0. The number of carbonyl (C=O) groups excluding carboxylic acids is 1. The molecule has 0 aromatic rings. The summed E-state index contributed by atoms with van der Waals surface area (Å²) in [7, 11) is 1.63. The second kappa shape index (κ2) is 4.64. The highest BCUT2D eigenvalue weighted by Crippen LogP contribution is 2.29. The van der Waals surface area contributed by atoms with Crippen LogP contribution in [0.2, 0.25) is 0 Å². The molecule has 1 heterocycles. The summed E-state index contributed by atoms with van der Waals surface area (Å²) in [5, 5.41) is 8.85. The predicted octanol–water partition coefficient (Wildman–Crippen LogP) is 0.694. The van der Waals surface area contributed by atoms with Gasteiger partial charge in [-0.15, -0.1) is 0 Å². The Hall–Kier alpha value is -0.770. The van der Waals surface area contributed by atoms with E-state index in [4.69, 9.17) is 0 Å². The van der Waals surface area contributed by atoms with Crippen LogP contribution in [0.4, 0.5) is 4.79 Å². The standard InChI is InChI=1S/C10H21N3O/c1-10(2)5-4-6-12-8(10)7-13-9(14)11-3/h8,12H,4-7H2,1-3H3,(H2,11,13,14). The molecule has 14 heavy (non-hydrogen) atoms. The number of amides is 2. The summed E-state index contributed by atoms with van der Waals surface area (Å²) in [4.78, 5) is 11.0. The van der Waals surface area contributed by atoms with Crippen LogP contribution in [0, 0.1) is 5.41 Å². The predicted molar refractivity (Wildman–Crippen MR) is 57.3 cm³/mol. The number of nitrogens with one attached hydrogen (secondary N) is 3. The molecule has 0 bridgehead atoms. The molecule has 1 atom stereocenters. The normalized spacial score (nSPS) is 25.5. The van der Waals surface area contributed by atoms with Crippen molar-refractivity contribution in [3.8, 4) is 0 Å². The average Bonchev–Trinajstić information content (AvgIpc) is 2.15. The molecule has 2 amide bonds. The van der Waals surface area contributed by atoms with Crippen molar-refractivity contribution < 1.29 is 4.79 Å². The molecule has 1 saturated heterocycles. The highest BCUT2D eigenvalue weighted by atomic mass is 16.2. The Labute approximate surface area is 85.8 Å². The Balaban J connectivity index is 2.38. The lowest BCUT2D eigenvalue weighted by atomic mass is 9.77. The van der Waals surface area contributed by atoms with Crippen molar-refractivity contribution in [1.82, 2.24) is 16.0 Å². The van der Waals surface area contributed by atoms with Gasteiger partial charge in [-0.1, -0.05) is 13.8 Å². The third-order valence-electron chi connectivity index (χ3n) is 3.03. The zero-order chi connectivity index (χ0) is 10.6. The molecule has 0 saturated carbocycles. The van der Waals surface area contributed by atoms with Crippen LogP contribution in [0.3, 0.4) is 0 Å². The van der Waals surface area contributed by atoms with Crippen LogP contribution in [0.5, 0.6) is 0 Å². The zero-order valence-electron chi connectivity index (χ0n) is 9.31. The van der Waals surface area contributed by atoms with E-state index in [2.05, 4.69) is 29.8 Å². The molecule has 0 aromatic heterocycles.